The average Bonchev–Trinajstić information content (AvgIpc) is 3.15. The Balaban J connectivity index is 1.85. The summed E-state index contributed by atoms with van der Waals surface area (Å²) in [5, 5.41) is 11.6. The van der Waals surface area contributed by atoms with Crippen LogP contribution in [-0.2, 0) is 14.8 Å². The quantitative estimate of drug-likeness (QED) is 0.614. The van der Waals surface area contributed by atoms with Crippen molar-refractivity contribution in [1.29, 1.82) is 0 Å². The molecule has 152 valence electrons. The SMILES string of the molecule is CCC(C(=O)Nc1nnc(-c2ccccc2)s1)N(c1ccc(F)cc1)S(C)(=O)=O. The van der Waals surface area contributed by atoms with E-state index in [0.717, 1.165) is 28.3 Å². The maximum atomic E-state index is 13.3. The number of halogens is 1. The maximum Gasteiger partial charge on any atom is 0.250 e. The van der Waals surface area contributed by atoms with Gasteiger partial charge < -0.3 is 0 Å². The van der Waals surface area contributed by atoms with Gasteiger partial charge in [-0.1, -0.05) is 48.6 Å². The number of rotatable bonds is 7. The highest BCUT2D eigenvalue weighted by Gasteiger charge is 2.32. The molecule has 10 heteroatoms. The predicted molar refractivity (Wildman–Crippen MR) is 112 cm³/mol. The zero-order valence-corrected chi connectivity index (χ0v) is 17.4. The summed E-state index contributed by atoms with van der Waals surface area (Å²) in [7, 11) is -3.80. The Hall–Kier alpha value is -2.85. The number of hydrogen-bond donors (Lipinski definition) is 1. The van der Waals surface area contributed by atoms with Crippen LogP contribution < -0.4 is 9.62 Å². The maximum absolute atomic E-state index is 13.3. The van der Waals surface area contributed by atoms with Gasteiger partial charge in [0.2, 0.25) is 21.1 Å². The Morgan fingerprint density at radius 2 is 1.79 bits per heavy atom. The summed E-state index contributed by atoms with van der Waals surface area (Å²) in [6, 6.07) is 13.3. The summed E-state index contributed by atoms with van der Waals surface area (Å²) in [4.78, 5) is 12.9. The van der Waals surface area contributed by atoms with Crippen molar-refractivity contribution in [2.24, 2.45) is 0 Å². The third-order valence-corrected chi connectivity index (χ3v) is 6.15. The van der Waals surface area contributed by atoms with Crippen molar-refractivity contribution in [2.45, 2.75) is 19.4 Å². The van der Waals surface area contributed by atoms with Gasteiger partial charge in [-0.15, -0.1) is 10.2 Å². The van der Waals surface area contributed by atoms with Crippen LogP contribution in [0.1, 0.15) is 13.3 Å². The minimum atomic E-state index is -3.80. The van der Waals surface area contributed by atoms with E-state index in [2.05, 4.69) is 15.5 Å². The van der Waals surface area contributed by atoms with Crippen LogP contribution in [0.3, 0.4) is 0 Å². The molecule has 2 aromatic carbocycles. The highest BCUT2D eigenvalue weighted by Crippen LogP contribution is 2.27. The van der Waals surface area contributed by atoms with E-state index in [9.17, 15) is 17.6 Å². The highest BCUT2D eigenvalue weighted by atomic mass is 32.2. The van der Waals surface area contributed by atoms with Crippen LogP contribution in [0.25, 0.3) is 10.6 Å². The molecule has 3 aromatic rings. The normalized spacial score (nSPS) is 12.4. The van der Waals surface area contributed by atoms with Gasteiger partial charge in [0.05, 0.1) is 11.9 Å². The lowest BCUT2D eigenvalue weighted by Gasteiger charge is -2.29. The fourth-order valence-electron chi connectivity index (χ4n) is 2.81. The van der Waals surface area contributed by atoms with Crippen molar-refractivity contribution < 1.29 is 17.6 Å². The number of hydrogen-bond acceptors (Lipinski definition) is 6. The summed E-state index contributed by atoms with van der Waals surface area (Å²) >= 11 is 1.19. The Labute approximate surface area is 172 Å². The van der Waals surface area contributed by atoms with E-state index in [1.54, 1.807) is 6.92 Å². The minimum Gasteiger partial charge on any atom is -0.299 e. The molecule has 0 saturated carbocycles. The molecule has 1 heterocycles. The summed E-state index contributed by atoms with van der Waals surface area (Å²) in [5.74, 6) is -1.04. The lowest BCUT2D eigenvalue weighted by Crippen LogP contribution is -2.47. The van der Waals surface area contributed by atoms with E-state index >= 15 is 0 Å². The summed E-state index contributed by atoms with van der Waals surface area (Å²) in [5.41, 5.74) is 1.07. The van der Waals surface area contributed by atoms with E-state index < -0.39 is 27.8 Å². The Morgan fingerprint density at radius 1 is 1.14 bits per heavy atom. The van der Waals surface area contributed by atoms with Gasteiger partial charge in [0.1, 0.15) is 16.9 Å². The number of amides is 1. The van der Waals surface area contributed by atoms with E-state index in [-0.39, 0.29) is 17.2 Å². The van der Waals surface area contributed by atoms with Crippen LogP contribution in [0.5, 0.6) is 0 Å². The van der Waals surface area contributed by atoms with Crippen LogP contribution in [0, 0.1) is 5.82 Å². The first kappa shape index (κ1) is 20.9. The van der Waals surface area contributed by atoms with Crippen molar-refractivity contribution in [2.75, 3.05) is 15.9 Å². The van der Waals surface area contributed by atoms with Gasteiger partial charge in [-0.2, -0.15) is 0 Å². The Bertz CT molecular complexity index is 1090. The third-order valence-electron chi connectivity index (χ3n) is 4.09. The molecule has 1 aromatic heterocycles. The molecule has 29 heavy (non-hydrogen) atoms. The molecular formula is C19H19FN4O3S2. The zero-order valence-electron chi connectivity index (χ0n) is 15.7. The van der Waals surface area contributed by atoms with E-state index in [1.165, 1.54) is 23.5 Å². The lowest BCUT2D eigenvalue weighted by molar-refractivity contribution is -0.117. The fourth-order valence-corrected chi connectivity index (χ4v) is 4.77. The number of carbonyl (C=O) groups excluding carboxylic acids is 1. The number of nitrogens with zero attached hydrogens (tertiary/aromatic N) is 3. The highest BCUT2D eigenvalue weighted by molar-refractivity contribution is 7.92. The van der Waals surface area contributed by atoms with Crippen molar-refractivity contribution >= 4 is 38.1 Å². The van der Waals surface area contributed by atoms with Gasteiger partial charge in [-0.25, -0.2) is 12.8 Å². The smallest absolute Gasteiger partial charge is 0.250 e. The van der Waals surface area contributed by atoms with Crippen molar-refractivity contribution in [1.82, 2.24) is 10.2 Å². The van der Waals surface area contributed by atoms with Gasteiger partial charge in [0, 0.05) is 5.56 Å². The Morgan fingerprint density at radius 3 is 2.38 bits per heavy atom. The summed E-state index contributed by atoms with van der Waals surface area (Å²) < 4.78 is 39.0. The number of anilines is 2. The number of sulfonamides is 1. The number of aromatic nitrogens is 2. The molecule has 1 amide bonds. The molecule has 0 aliphatic carbocycles. The van der Waals surface area contributed by atoms with Gasteiger partial charge in [0.25, 0.3) is 0 Å². The molecular weight excluding hydrogens is 415 g/mol. The van der Waals surface area contributed by atoms with E-state index in [1.807, 2.05) is 30.3 Å². The van der Waals surface area contributed by atoms with Gasteiger partial charge >= 0.3 is 0 Å². The zero-order chi connectivity index (χ0) is 21.0. The van der Waals surface area contributed by atoms with Gasteiger partial charge in [-0.3, -0.25) is 14.4 Å². The molecule has 1 unspecified atom stereocenters. The monoisotopic (exact) mass is 434 g/mol. The fraction of sp³-hybridized carbons (Fsp3) is 0.211. The second-order valence-corrected chi connectivity index (χ2v) is 9.06. The number of benzene rings is 2. The Kier molecular flexibility index (Phi) is 6.23. The standard InChI is InChI=1S/C19H19FN4O3S2/c1-3-16(24(29(2,26)27)15-11-9-14(20)10-12-15)17(25)21-19-23-22-18(28-19)13-7-5-4-6-8-13/h4-12,16H,3H2,1-2H3,(H,21,23,25). The molecule has 7 nitrogen and oxygen atoms in total. The van der Waals surface area contributed by atoms with Crippen molar-refractivity contribution in [3.63, 3.8) is 0 Å². The molecule has 0 aliphatic heterocycles. The minimum absolute atomic E-state index is 0.207. The van der Waals surface area contributed by atoms with Crippen LogP contribution >= 0.6 is 11.3 Å². The molecule has 1 atom stereocenters. The molecule has 1 N–H and O–H groups in total. The van der Waals surface area contributed by atoms with Gasteiger partial charge in [-0.05, 0) is 30.7 Å². The average molecular weight is 435 g/mol. The molecule has 0 spiro atoms. The second kappa shape index (κ2) is 8.66. The molecule has 0 fully saturated rings. The van der Waals surface area contributed by atoms with Crippen molar-refractivity contribution in [3.8, 4) is 10.6 Å². The lowest BCUT2D eigenvalue weighted by atomic mass is 10.2. The first-order valence-electron chi connectivity index (χ1n) is 8.74. The van der Waals surface area contributed by atoms with E-state index in [4.69, 9.17) is 0 Å². The van der Waals surface area contributed by atoms with E-state index in [0.29, 0.717) is 5.01 Å². The number of carbonyl (C=O) groups is 1. The second-order valence-electron chi connectivity index (χ2n) is 6.23. The van der Waals surface area contributed by atoms with Crippen LogP contribution in [-0.4, -0.2) is 36.8 Å². The first-order chi connectivity index (χ1) is 13.8. The largest absolute Gasteiger partial charge is 0.299 e. The topological polar surface area (TPSA) is 92.3 Å². The van der Waals surface area contributed by atoms with Crippen molar-refractivity contribution in [3.05, 3.63) is 60.4 Å². The predicted octanol–water partition coefficient (Wildman–Crippen LogP) is 3.53. The molecule has 0 radical (unpaired) electrons. The molecule has 0 bridgehead atoms. The molecule has 0 aliphatic rings. The van der Waals surface area contributed by atoms with Crippen LogP contribution in [0.2, 0.25) is 0 Å². The molecule has 3 rings (SSSR count). The third kappa shape index (κ3) is 4.96. The van der Waals surface area contributed by atoms with Crippen LogP contribution in [0.4, 0.5) is 15.2 Å². The van der Waals surface area contributed by atoms with Gasteiger partial charge in [0.15, 0.2) is 0 Å². The summed E-state index contributed by atoms with van der Waals surface area (Å²) in [6.07, 6.45) is 1.21. The summed E-state index contributed by atoms with van der Waals surface area (Å²) in [6.45, 7) is 1.70. The van der Waals surface area contributed by atoms with Crippen LogP contribution in [0.15, 0.2) is 54.6 Å². The molecule has 0 saturated heterocycles. The first-order valence-corrected chi connectivity index (χ1v) is 11.4. The number of nitrogens with one attached hydrogen (secondary N) is 1.